The van der Waals surface area contributed by atoms with E-state index in [9.17, 15) is 8.42 Å². The van der Waals surface area contributed by atoms with Crippen molar-refractivity contribution in [3.8, 4) is 0 Å². The highest BCUT2D eigenvalue weighted by atomic mass is 32.2. The molecule has 0 saturated carbocycles. The standard InChI is InChI=1S/C15H18N2O4S/c1-11-3-5-13(6-4-11)22(18,19)17-7-8-20-15(10-17)14-9-12(2)21-16-14/h3-6,9,15H,7-8,10H2,1-2H3/t15-/m1/s1. The normalized spacial score (nSPS) is 20.2. The van der Waals surface area contributed by atoms with Crippen LogP contribution in [0, 0.1) is 13.8 Å². The third-order valence-corrected chi connectivity index (χ3v) is 5.54. The Kier molecular flexibility index (Phi) is 4.03. The minimum Gasteiger partial charge on any atom is -0.369 e. The van der Waals surface area contributed by atoms with Crippen LogP contribution in [-0.4, -0.2) is 37.6 Å². The molecule has 0 unspecified atom stereocenters. The molecule has 0 bridgehead atoms. The quantitative estimate of drug-likeness (QED) is 0.865. The summed E-state index contributed by atoms with van der Waals surface area (Å²) in [5.41, 5.74) is 1.65. The smallest absolute Gasteiger partial charge is 0.243 e. The number of aryl methyl sites for hydroxylation is 2. The molecule has 0 spiro atoms. The molecule has 1 aliphatic rings. The van der Waals surface area contributed by atoms with Gasteiger partial charge in [0.15, 0.2) is 0 Å². The molecule has 0 N–H and O–H groups in total. The Balaban J connectivity index is 1.83. The van der Waals surface area contributed by atoms with Gasteiger partial charge < -0.3 is 9.26 Å². The van der Waals surface area contributed by atoms with Gasteiger partial charge in [0.2, 0.25) is 10.0 Å². The molecule has 7 heteroatoms. The molecule has 3 rings (SSSR count). The van der Waals surface area contributed by atoms with E-state index in [1.165, 1.54) is 4.31 Å². The number of hydrogen-bond donors (Lipinski definition) is 0. The van der Waals surface area contributed by atoms with Gasteiger partial charge >= 0.3 is 0 Å². The van der Waals surface area contributed by atoms with E-state index < -0.39 is 16.1 Å². The molecular weight excluding hydrogens is 304 g/mol. The van der Waals surface area contributed by atoms with Gasteiger partial charge in [-0.05, 0) is 26.0 Å². The molecule has 2 aromatic rings. The van der Waals surface area contributed by atoms with Gasteiger partial charge in [-0.2, -0.15) is 4.31 Å². The molecule has 1 atom stereocenters. The second-order valence-corrected chi connectivity index (χ2v) is 7.34. The first kappa shape index (κ1) is 15.2. The van der Waals surface area contributed by atoms with Crippen molar-refractivity contribution in [1.82, 2.24) is 9.46 Å². The molecule has 2 heterocycles. The average molecular weight is 322 g/mol. The minimum atomic E-state index is -3.52. The summed E-state index contributed by atoms with van der Waals surface area (Å²) in [6, 6.07) is 8.63. The summed E-state index contributed by atoms with van der Waals surface area (Å²) >= 11 is 0. The van der Waals surface area contributed by atoms with Crippen LogP contribution in [0.3, 0.4) is 0 Å². The lowest BCUT2D eigenvalue weighted by atomic mass is 10.2. The number of hydrogen-bond acceptors (Lipinski definition) is 5. The number of sulfonamides is 1. The van der Waals surface area contributed by atoms with E-state index in [2.05, 4.69) is 5.16 Å². The Morgan fingerprint density at radius 3 is 2.59 bits per heavy atom. The molecule has 22 heavy (non-hydrogen) atoms. The van der Waals surface area contributed by atoms with Crippen molar-refractivity contribution in [2.45, 2.75) is 24.8 Å². The highest BCUT2D eigenvalue weighted by Crippen LogP contribution is 2.26. The van der Waals surface area contributed by atoms with Gasteiger partial charge in [-0.3, -0.25) is 0 Å². The lowest BCUT2D eigenvalue weighted by molar-refractivity contribution is -0.00646. The molecule has 1 aromatic carbocycles. The van der Waals surface area contributed by atoms with E-state index in [0.717, 1.165) is 5.56 Å². The predicted molar refractivity (Wildman–Crippen MR) is 79.9 cm³/mol. The molecule has 0 radical (unpaired) electrons. The van der Waals surface area contributed by atoms with Gasteiger partial charge in [0.1, 0.15) is 17.6 Å². The molecule has 1 aliphatic heterocycles. The van der Waals surface area contributed by atoms with Crippen molar-refractivity contribution >= 4 is 10.0 Å². The fraction of sp³-hybridized carbons (Fsp3) is 0.400. The minimum absolute atomic E-state index is 0.238. The largest absolute Gasteiger partial charge is 0.369 e. The first-order valence-corrected chi connectivity index (χ1v) is 8.52. The summed E-state index contributed by atoms with van der Waals surface area (Å²) in [6.45, 7) is 4.63. The number of morpholine rings is 1. The van der Waals surface area contributed by atoms with Gasteiger partial charge in [-0.1, -0.05) is 22.9 Å². The third-order valence-electron chi connectivity index (χ3n) is 3.66. The van der Waals surface area contributed by atoms with Crippen molar-refractivity contribution in [2.24, 2.45) is 0 Å². The average Bonchev–Trinajstić information content (AvgIpc) is 2.94. The lowest BCUT2D eigenvalue weighted by Crippen LogP contribution is -2.42. The van der Waals surface area contributed by atoms with Gasteiger partial charge in [-0.15, -0.1) is 0 Å². The van der Waals surface area contributed by atoms with E-state index in [0.29, 0.717) is 29.5 Å². The maximum absolute atomic E-state index is 12.7. The van der Waals surface area contributed by atoms with Crippen LogP contribution >= 0.6 is 0 Å². The maximum Gasteiger partial charge on any atom is 0.243 e. The molecule has 1 aromatic heterocycles. The zero-order chi connectivity index (χ0) is 15.7. The zero-order valence-corrected chi connectivity index (χ0v) is 13.3. The SMILES string of the molecule is Cc1ccc(S(=O)(=O)N2CCO[C@@H](c3cc(C)on3)C2)cc1. The summed E-state index contributed by atoms with van der Waals surface area (Å²) in [5, 5.41) is 3.92. The van der Waals surface area contributed by atoms with Gasteiger partial charge in [0.05, 0.1) is 11.5 Å². The fourth-order valence-corrected chi connectivity index (χ4v) is 3.84. The van der Waals surface area contributed by atoms with E-state index in [1.807, 2.05) is 6.92 Å². The summed E-state index contributed by atoms with van der Waals surface area (Å²) in [7, 11) is -3.52. The molecule has 1 saturated heterocycles. The van der Waals surface area contributed by atoms with Crippen molar-refractivity contribution in [3.05, 3.63) is 47.3 Å². The fourth-order valence-electron chi connectivity index (χ4n) is 2.42. The van der Waals surface area contributed by atoms with Gasteiger partial charge in [0.25, 0.3) is 0 Å². The summed E-state index contributed by atoms with van der Waals surface area (Å²) in [5.74, 6) is 0.678. The molecule has 1 fully saturated rings. The van der Waals surface area contributed by atoms with Crippen molar-refractivity contribution in [1.29, 1.82) is 0 Å². The number of nitrogens with zero attached hydrogens (tertiary/aromatic N) is 2. The highest BCUT2D eigenvalue weighted by molar-refractivity contribution is 7.89. The summed E-state index contributed by atoms with van der Waals surface area (Å²) in [6.07, 6.45) is -0.397. The highest BCUT2D eigenvalue weighted by Gasteiger charge is 2.32. The van der Waals surface area contributed by atoms with Crippen molar-refractivity contribution in [2.75, 3.05) is 19.7 Å². The zero-order valence-electron chi connectivity index (χ0n) is 12.5. The summed E-state index contributed by atoms with van der Waals surface area (Å²) < 4.78 is 37.5. The molecule has 6 nitrogen and oxygen atoms in total. The van der Waals surface area contributed by atoms with E-state index in [1.54, 1.807) is 37.3 Å². The second-order valence-electron chi connectivity index (χ2n) is 5.40. The predicted octanol–water partition coefficient (Wildman–Crippen LogP) is 2.05. The van der Waals surface area contributed by atoms with E-state index in [4.69, 9.17) is 9.26 Å². The van der Waals surface area contributed by atoms with Crippen LogP contribution < -0.4 is 0 Å². The Labute approximate surface area is 129 Å². The monoisotopic (exact) mass is 322 g/mol. The third kappa shape index (κ3) is 2.92. The number of benzene rings is 1. The Morgan fingerprint density at radius 2 is 1.95 bits per heavy atom. The molecular formula is C15H18N2O4S. The van der Waals surface area contributed by atoms with Crippen LogP contribution in [0.2, 0.25) is 0 Å². The number of aromatic nitrogens is 1. The first-order chi connectivity index (χ1) is 10.5. The molecule has 118 valence electrons. The summed E-state index contributed by atoms with van der Waals surface area (Å²) in [4.78, 5) is 0.301. The van der Waals surface area contributed by atoms with Gasteiger partial charge in [0, 0.05) is 19.2 Å². The lowest BCUT2D eigenvalue weighted by Gasteiger charge is -2.31. The second kappa shape index (κ2) is 5.83. The number of ether oxygens (including phenoxy) is 1. The van der Waals surface area contributed by atoms with Crippen LogP contribution in [0.4, 0.5) is 0 Å². The van der Waals surface area contributed by atoms with Crippen molar-refractivity contribution < 1.29 is 17.7 Å². The van der Waals surface area contributed by atoms with Gasteiger partial charge in [-0.25, -0.2) is 8.42 Å². The van der Waals surface area contributed by atoms with Crippen LogP contribution in [0.15, 0.2) is 39.8 Å². The molecule has 0 amide bonds. The Morgan fingerprint density at radius 1 is 1.23 bits per heavy atom. The Hall–Kier alpha value is -1.70. The van der Waals surface area contributed by atoms with Crippen LogP contribution in [0.1, 0.15) is 23.1 Å². The van der Waals surface area contributed by atoms with Crippen molar-refractivity contribution in [3.63, 3.8) is 0 Å². The van der Waals surface area contributed by atoms with Crippen LogP contribution in [0.25, 0.3) is 0 Å². The topological polar surface area (TPSA) is 72.6 Å². The van der Waals surface area contributed by atoms with E-state index in [-0.39, 0.29) is 6.54 Å². The van der Waals surface area contributed by atoms with Crippen LogP contribution in [-0.2, 0) is 14.8 Å². The van der Waals surface area contributed by atoms with E-state index >= 15 is 0 Å². The number of rotatable bonds is 3. The first-order valence-electron chi connectivity index (χ1n) is 7.08. The molecule has 0 aliphatic carbocycles. The maximum atomic E-state index is 12.7. The van der Waals surface area contributed by atoms with Crippen LogP contribution in [0.5, 0.6) is 0 Å². The Bertz CT molecular complexity index is 752.